The Labute approximate surface area is 132 Å². The Morgan fingerprint density at radius 1 is 1.19 bits per heavy atom. The third kappa shape index (κ3) is 3.99. The molecule has 0 aromatic heterocycles. The van der Waals surface area contributed by atoms with Crippen molar-refractivity contribution in [2.75, 3.05) is 13.7 Å². The molecule has 0 bridgehead atoms. The number of hydrogen-bond acceptors (Lipinski definition) is 2. The molecule has 1 N–H and O–H groups in total. The molecule has 0 amide bonds. The largest absolute Gasteiger partial charge is 0.496 e. The standard InChI is InChI=1S/C18H22ClNO/c1-4-10-20-13(2)14-6-5-7-15(11-14)17-12-16(19)8-9-18(17)21-3/h5-9,11-13,20H,4,10H2,1-3H3. The molecule has 2 rings (SSSR count). The van der Waals surface area contributed by atoms with Gasteiger partial charge in [-0.1, -0.05) is 36.7 Å². The lowest BCUT2D eigenvalue weighted by atomic mass is 9.99. The van der Waals surface area contributed by atoms with Gasteiger partial charge in [-0.15, -0.1) is 0 Å². The molecule has 1 atom stereocenters. The topological polar surface area (TPSA) is 21.3 Å². The van der Waals surface area contributed by atoms with Crippen LogP contribution in [-0.4, -0.2) is 13.7 Å². The van der Waals surface area contributed by atoms with E-state index in [1.165, 1.54) is 5.56 Å². The Morgan fingerprint density at radius 2 is 2.00 bits per heavy atom. The molecule has 0 aliphatic rings. The van der Waals surface area contributed by atoms with Crippen LogP contribution < -0.4 is 10.1 Å². The first-order valence-corrected chi connectivity index (χ1v) is 7.70. The number of rotatable bonds is 6. The summed E-state index contributed by atoms with van der Waals surface area (Å²) in [5.74, 6) is 0.839. The predicted molar refractivity (Wildman–Crippen MR) is 90.1 cm³/mol. The molecule has 0 saturated carbocycles. The maximum Gasteiger partial charge on any atom is 0.126 e. The van der Waals surface area contributed by atoms with Crippen molar-refractivity contribution in [1.82, 2.24) is 5.32 Å². The second-order valence-corrected chi connectivity index (χ2v) is 5.58. The Kier molecular flexibility index (Phi) is 5.66. The molecule has 3 heteroatoms. The molecule has 2 nitrogen and oxygen atoms in total. The molecular weight excluding hydrogens is 282 g/mol. The molecule has 0 spiro atoms. The predicted octanol–water partition coefficient (Wildman–Crippen LogP) is 5.08. The molecule has 21 heavy (non-hydrogen) atoms. The molecule has 0 aliphatic carbocycles. The highest BCUT2D eigenvalue weighted by atomic mass is 35.5. The molecule has 2 aromatic rings. The molecule has 0 radical (unpaired) electrons. The van der Waals surface area contributed by atoms with Crippen LogP contribution in [0.1, 0.15) is 31.9 Å². The first kappa shape index (κ1) is 15.9. The van der Waals surface area contributed by atoms with Gasteiger partial charge in [0.05, 0.1) is 7.11 Å². The van der Waals surface area contributed by atoms with Gasteiger partial charge in [0.2, 0.25) is 0 Å². The number of nitrogens with one attached hydrogen (secondary N) is 1. The van der Waals surface area contributed by atoms with E-state index >= 15 is 0 Å². The van der Waals surface area contributed by atoms with Crippen LogP contribution in [0.25, 0.3) is 11.1 Å². The molecule has 0 heterocycles. The van der Waals surface area contributed by atoms with Gasteiger partial charge in [0.25, 0.3) is 0 Å². The van der Waals surface area contributed by atoms with Crippen molar-refractivity contribution in [1.29, 1.82) is 0 Å². The highest BCUT2D eigenvalue weighted by Gasteiger charge is 2.10. The van der Waals surface area contributed by atoms with E-state index in [4.69, 9.17) is 16.3 Å². The van der Waals surface area contributed by atoms with Gasteiger partial charge in [0.15, 0.2) is 0 Å². The van der Waals surface area contributed by atoms with E-state index in [0.29, 0.717) is 11.1 Å². The van der Waals surface area contributed by atoms with Crippen molar-refractivity contribution in [2.24, 2.45) is 0 Å². The van der Waals surface area contributed by atoms with Gasteiger partial charge < -0.3 is 10.1 Å². The van der Waals surface area contributed by atoms with Crippen molar-refractivity contribution in [3.05, 3.63) is 53.1 Å². The van der Waals surface area contributed by atoms with Crippen LogP contribution in [-0.2, 0) is 0 Å². The average Bonchev–Trinajstić information content (AvgIpc) is 2.52. The number of benzene rings is 2. The lowest BCUT2D eigenvalue weighted by molar-refractivity contribution is 0.416. The van der Waals surface area contributed by atoms with Crippen molar-refractivity contribution >= 4 is 11.6 Å². The summed E-state index contributed by atoms with van der Waals surface area (Å²) in [6.45, 7) is 5.38. The molecule has 2 aromatic carbocycles. The maximum absolute atomic E-state index is 6.13. The third-order valence-electron chi connectivity index (χ3n) is 3.56. The Morgan fingerprint density at radius 3 is 2.71 bits per heavy atom. The normalized spacial score (nSPS) is 12.2. The minimum absolute atomic E-state index is 0.329. The lowest BCUT2D eigenvalue weighted by Crippen LogP contribution is -2.19. The Bertz CT molecular complexity index is 598. The monoisotopic (exact) mass is 303 g/mol. The summed E-state index contributed by atoms with van der Waals surface area (Å²) in [7, 11) is 1.68. The van der Waals surface area contributed by atoms with Crippen molar-refractivity contribution in [3.8, 4) is 16.9 Å². The molecule has 112 valence electrons. The number of hydrogen-bond donors (Lipinski definition) is 1. The van der Waals surface area contributed by atoms with Crippen LogP contribution in [0, 0.1) is 0 Å². The summed E-state index contributed by atoms with van der Waals surface area (Å²) >= 11 is 6.13. The van der Waals surface area contributed by atoms with Crippen LogP contribution in [0.5, 0.6) is 5.75 Å². The van der Waals surface area contributed by atoms with Gasteiger partial charge in [-0.3, -0.25) is 0 Å². The summed E-state index contributed by atoms with van der Waals surface area (Å²) < 4.78 is 5.45. The average molecular weight is 304 g/mol. The summed E-state index contributed by atoms with van der Waals surface area (Å²) in [5, 5.41) is 4.23. The number of ether oxygens (including phenoxy) is 1. The number of methoxy groups -OCH3 is 1. The Hall–Kier alpha value is -1.51. The van der Waals surface area contributed by atoms with E-state index in [1.54, 1.807) is 7.11 Å². The van der Waals surface area contributed by atoms with Gasteiger partial charge in [0, 0.05) is 16.6 Å². The van der Waals surface area contributed by atoms with Gasteiger partial charge in [0.1, 0.15) is 5.75 Å². The van der Waals surface area contributed by atoms with E-state index in [0.717, 1.165) is 29.8 Å². The molecule has 1 unspecified atom stereocenters. The fraction of sp³-hybridized carbons (Fsp3) is 0.333. The number of halogens is 1. The zero-order valence-electron chi connectivity index (χ0n) is 12.8. The van der Waals surface area contributed by atoms with Crippen molar-refractivity contribution < 1.29 is 4.74 Å². The van der Waals surface area contributed by atoms with Crippen LogP contribution >= 0.6 is 11.6 Å². The van der Waals surface area contributed by atoms with Crippen LogP contribution in [0.4, 0.5) is 0 Å². The van der Waals surface area contributed by atoms with E-state index in [-0.39, 0.29) is 0 Å². The first-order valence-electron chi connectivity index (χ1n) is 7.33. The van der Waals surface area contributed by atoms with Gasteiger partial charge >= 0.3 is 0 Å². The second kappa shape index (κ2) is 7.48. The second-order valence-electron chi connectivity index (χ2n) is 5.15. The lowest BCUT2D eigenvalue weighted by Gasteiger charge is -2.16. The summed E-state index contributed by atoms with van der Waals surface area (Å²) in [5.41, 5.74) is 3.41. The van der Waals surface area contributed by atoms with Crippen molar-refractivity contribution in [3.63, 3.8) is 0 Å². The molecule has 0 fully saturated rings. The molecule has 0 aliphatic heterocycles. The fourth-order valence-electron chi connectivity index (χ4n) is 2.36. The fourth-order valence-corrected chi connectivity index (χ4v) is 2.53. The van der Waals surface area contributed by atoms with Gasteiger partial charge in [-0.2, -0.15) is 0 Å². The third-order valence-corrected chi connectivity index (χ3v) is 3.79. The van der Waals surface area contributed by atoms with E-state index in [1.807, 2.05) is 18.2 Å². The van der Waals surface area contributed by atoms with E-state index < -0.39 is 0 Å². The highest BCUT2D eigenvalue weighted by Crippen LogP contribution is 2.33. The van der Waals surface area contributed by atoms with Gasteiger partial charge in [-0.25, -0.2) is 0 Å². The van der Waals surface area contributed by atoms with Crippen molar-refractivity contribution in [2.45, 2.75) is 26.3 Å². The smallest absolute Gasteiger partial charge is 0.126 e. The van der Waals surface area contributed by atoms with E-state index in [9.17, 15) is 0 Å². The highest BCUT2D eigenvalue weighted by molar-refractivity contribution is 6.31. The Balaban J connectivity index is 2.35. The quantitative estimate of drug-likeness (QED) is 0.804. The maximum atomic E-state index is 6.13. The van der Waals surface area contributed by atoms with E-state index in [2.05, 4.69) is 43.4 Å². The van der Waals surface area contributed by atoms with Crippen LogP contribution in [0.15, 0.2) is 42.5 Å². The van der Waals surface area contributed by atoms with Gasteiger partial charge in [-0.05, 0) is 55.3 Å². The molecular formula is C18H22ClNO. The zero-order chi connectivity index (χ0) is 15.2. The summed E-state index contributed by atoms with van der Waals surface area (Å²) in [6.07, 6.45) is 1.13. The first-order chi connectivity index (χ1) is 10.2. The molecule has 0 saturated heterocycles. The summed E-state index contributed by atoms with van der Waals surface area (Å²) in [4.78, 5) is 0. The van der Waals surface area contributed by atoms with Crippen LogP contribution in [0.2, 0.25) is 5.02 Å². The summed E-state index contributed by atoms with van der Waals surface area (Å²) in [6, 6.07) is 14.5. The zero-order valence-corrected chi connectivity index (χ0v) is 13.6. The SMILES string of the molecule is CCCNC(C)c1cccc(-c2cc(Cl)ccc2OC)c1. The van der Waals surface area contributed by atoms with Crippen LogP contribution in [0.3, 0.4) is 0 Å². The minimum atomic E-state index is 0.329. The minimum Gasteiger partial charge on any atom is -0.496 e.